The van der Waals surface area contributed by atoms with Crippen molar-refractivity contribution in [1.82, 2.24) is 4.90 Å². The molecule has 150 valence electrons. The van der Waals surface area contributed by atoms with E-state index in [1.54, 1.807) is 0 Å². The highest BCUT2D eigenvalue weighted by atomic mass is 16.5. The van der Waals surface area contributed by atoms with E-state index in [0.717, 1.165) is 32.4 Å². The predicted octanol–water partition coefficient (Wildman–Crippen LogP) is 0.531. The monoisotopic (exact) mass is 377 g/mol. The first kappa shape index (κ1) is 17.2. The standard InChI is InChI=1S/C21H31NO5/c1-3-22-9-19(2)6-5-12(23)21-11-8-10-4-7-20(26,13(11)18(25)27-10)14(17(21)22)15(24)16(19)21/h10-17,23-24,26H,3-9H2,1-2H3. The average molecular weight is 377 g/mol. The molecule has 3 aliphatic heterocycles. The molecule has 3 N–H and O–H groups in total. The molecule has 7 aliphatic rings. The molecule has 3 saturated heterocycles. The van der Waals surface area contributed by atoms with Crippen molar-refractivity contribution in [3.63, 3.8) is 0 Å². The smallest absolute Gasteiger partial charge is 0.312 e. The lowest BCUT2D eigenvalue weighted by molar-refractivity contribution is -0.265. The van der Waals surface area contributed by atoms with Gasteiger partial charge in [0, 0.05) is 29.8 Å². The third-order valence-electron chi connectivity index (χ3n) is 9.86. The van der Waals surface area contributed by atoms with Crippen LogP contribution in [0.25, 0.3) is 0 Å². The van der Waals surface area contributed by atoms with E-state index in [4.69, 9.17) is 4.74 Å². The summed E-state index contributed by atoms with van der Waals surface area (Å²) in [5.41, 5.74) is -1.83. The van der Waals surface area contributed by atoms with Crippen molar-refractivity contribution in [1.29, 1.82) is 0 Å². The Hall–Kier alpha value is -0.690. The number of carbonyl (C=O) groups excluding carboxylic acids is 1. The van der Waals surface area contributed by atoms with Crippen LogP contribution in [-0.4, -0.2) is 69.2 Å². The number of piperidine rings is 1. The van der Waals surface area contributed by atoms with Gasteiger partial charge < -0.3 is 20.1 Å². The molecule has 0 amide bonds. The van der Waals surface area contributed by atoms with Crippen LogP contribution >= 0.6 is 0 Å². The SMILES string of the molecule is CCN1CC2(C)CCC(O)C34C5CC6CCC(O)(C5C(=O)O6)C(C(O)C23)C14. The number of fused-ring (bicyclic) bond motifs is 2. The first-order valence-corrected chi connectivity index (χ1v) is 10.8. The topological polar surface area (TPSA) is 90.2 Å². The van der Waals surface area contributed by atoms with Gasteiger partial charge in [-0.15, -0.1) is 0 Å². The maximum absolute atomic E-state index is 13.0. The minimum atomic E-state index is -1.22. The van der Waals surface area contributed by atoms with Gasteiger partial charge in [-0.25, -0.2) is 0 Å². The number of esters is 1. The minimum Gasteiger partial charge on any atom is -0.462 e. The molecule has 4 saturated carbocycles. The fraction of sp³-hybridized carbons (Fsp3) is 0.952. The van der Waals surface area contributed by atoms with E-state index in [2.05, 4.69) is 18.7 Å². The zero-order chi connectivity index (χ0) is 18.9. The van der Waals surface area contributed by atoms with E-state index < -0.39 is 29.1 Å². The Kier molecular flexibility index (Phi) is 3.11. The normalized spacial score (nSPS) is 63.7. The molecule has 6 nitrogen and oxygen atoms in total. The third-order valence-corrected chi connectivity index (χ3v) is 9.86. The summed E-state index contributed by atoms with van der Waals surface area (Å²) >= 11 is 0. The van der Waals surface area contributed by atoms with Gasteiger partial charge in [-0.1, -0.05) is 13.8 Å². The Bertz CT molecular complexity index is 715. The van der Waals surface area contributed by atoms with Crippen LogP contribution in [0.3, 0.4) is 0 Å². The van der Waals surface area contributed by atoms with Crippen molar-refractivity contribution in [2.75, 3.05) is 13.1 Å². The Morgan fingerprint density at radius 2 is 2.04 bits per heavy atom. The molecule has 6 heteroatoms. The van der Waals surface area contributed by atoms with Crippen molar-refractivity contribution in [3.8, 4) is 0 Å². The van der Waals surface area contributed by atoms with Gasteiger partial charge in [0.2, 0.25) is 0 Å². The maximum Gasteiger partial charge on any atom is 0.312 e. The van der Waals surface area contributed by atoms with Gasteiger partial charge in [0.25, 0.3) is 0 Å². The van der Waals surface area contributed by atoms with E-state index in [-0.39, 0.29) is 41.3 Å². The molecule has 27 heavy (non-hydrogen) atoms. The summed E-state index contributed by atoms with van der Waals surface area (Å²) in [6.45, 7) is 6.14. The van der Waals surface area contributed by atoms with Crippen LogP contribution in [0.5, 0.6) is 0 Å². The van der Waals surface area contributed by atoms with Crippen LogP contribution in [0.2, 0.25) is 0 Å². The van der Waals surface area contributed by atoms with Crippen molar-refractivity contribution in [2.45, 2.75) is 75.9 Å². The van der Waals surface area contributed by atoms with Gasteiger partial charge >= 0.3 is 5.97 Å². The van der Waals surface area contributed by atoms with Gasteiger partial charge in [-0.2, -0.15) is 0 Å². The lowest BCUT2D eigenvalue weighted by atomic mass is 9.42. The molecule has 0 aromatic carbocycles. The molecule has 9 bridgehead atoms. The molecular weight excluding hydrogens is 346 g/mol. The van der Waals surface area contributed by atoms with Gasteiger partial charge in [0.05, 0.1) is 23.7 Å². The van der Waals surface area contributed by atoms with Crippen molar-refractivity contribution in [2.24, 2.45) is 34.5 Å². The quantitative estimate of drug-likeness (QED) is 0.578. The number of hydrogen-bond donors (Lipinski definition) is 3. The second-order valence-corrected chi connectivity index (χ2v) is 10.6. The highest BCUT2D eigenvalue weighted by Gasteiger charge is 2.84. The van der Waals surface area contributed by atoms with Gasteiger partial charge in [-0.3, -0.25) is 9.69 Å². The number of likely N-dealkylation sites (tertiary alicyclic amines) is 1. The fourth-order valence-corrected chi connectivity index (χ4v) is 9.35. The Morgan fingerprint density at radius 3 is 2.78 bits per heavy atom. The summed E-state index contributed by atoms with van der Waals surface area (Å²) in [5, 5.41) is 35.1. The zero-order valence-electron chi connectivity index (χ0n) is 16.2. The van der Waals surface area contributed by atoms with Crippen molar-refractivity contribution < 1.29 is 24.9 Å². The Labute approximate surface area is 159 Å². The van der Waals surface area contributed by atoms with Crippen LogP contribution in [0.15, 0.2) is 0 Å². The number of rotatable bonds is 1. The Balaban J connectivity index is 1.66. The number of carbonyl (C=O) groups is 1. The van der Waals surface area contributed by atoms with Crippen molar-refractivity contribution >= 4 is 5.97 Å². The molecule has 7 fully saturated rings. The number of hydrogen-bond acceptors (Lipinski definition) is 6. The second kappa shape index (κ2) is 4.89. The van der Waals surface area contributed by atoms with E-state index in [1.165, 1.54) is 0 Å². The van der Waals surface area contributed by atoms with Gasteiger partial charge in [-0.05, 0) is 50.0 Å². The molecule has 0 radical (unpaired) electrons. The maximum atomic E-state index is 13.0. The largest absolute Gasteiger partial charge is 0.462 e. The molecule has 11 unspecified atom stereocenters. The van der Waals surface area contributed by atoms with Gasteiger partial charge in [0.1, 0.15) is 6.10 Å². The van der Waals surface area contributed by atoms with E-state index in [1.807, 2.05) is 0 Å². The zero-order valence-corrected chi connectivity index (χ0v) is 16.2. The number of ether oxygens (including phenoxy) is 1. The summed E-state index contributed by atoms with van der Waals surface area (Å²) in [6, 6.07) is -0.0539. The number of nitrogens with zero attached hydrogens (tertiary/aromatic N) is 1. The molecule has 7 rings (SSSR count). The van der Waals surface area contributed by atoms with Crippen molar-refractivity contribution in [3.05, 3.63) is 0 Å². The van der Waals surface area contributed by atoms with Crippen LogP contribution in [0.1, 0.15) is 46.0 Å². The van der Waals surface area contributed by atoms with Gasteiger partial charge in [0.15, 0.2) is 0 Å². The van der Waals surface area contributed by atoms with Crippen LogP contribution in [0.4, 0.5) is 0 Å². The summed E-state index contributed by atoms with van der Waals surface area (Å²) in [4.78, 5) is 15.4. The first-order valence-electron chi connectivity index (χ1n) is 10.8. The predicted molar refractivity (Wildman–Crippen MR) is 95.5 cm³/mol. The number of aliphatic hydroxyl groups is 3. The van der Waals surface area contributed by atoms with Crippen LogP contribution in [-0.2, 0) is 9.53 Å². The van der Waals surface area contributed by atoms with Crippen LogP contribution in [0, 0.1) is 34.5 Å². The van der Waals surface area contributed by atoms with Crippen LogP contribution < -0.4 is 0 Å². The fourth-order valence-electron chi connectivity index (χ4n) is 9.35. The summed E-state index contributed by atoms with van der Waals surface area (Å²) in [6.07, 6.45) is 2.13. The molecule has 0 aromatic rings. The molecule has 4 aliphatic carbocycles. The lowest BCUT2D eigenvalue weighted by Gasteiger charge is -2.68. The second-order valence-electron chi connectivity index (χ2n) is 10.6. The van der Waals surface area contributed by atoms with E-state index in [9.17, 15) is 20.1 Å². The highest BCUT2D eigenvalue weighted by Crippen LogP contribution is 2.76. The summed E-state index contributed by atoms with van der Waals surface area (Å²) in [7, 11) is 0. The third kappa shape index (κ3) is 1.61. The molecule has 1 spiro atoms. The number of aliphatic hydroxyl groups excluding tert-OH is 2. The van der Waals surface area contributed by atoms with E-state index in [0.29, 0.717) is 12.8 Å². The Morgan fingerprint density at radius 1 is 1.26 bits per heavy atom. The first-order chi connectivity index (χ1) is 12.8. The molecule has 3 heterocycles. The molecule has 0 aromatic heterocycles. The molecule has 11 atom stereocenters. The summed E-state index contributed by atoms with van der Waals surface area (Å²) in [5.74, 6) is -1.45. The van der Waals surface area contributed by atoms with E-state index >= 15 is 0 Å². The lowest BCUT2D eigenvalue weighted by Crippen LogP contribution is -2.76. The summed E-state index contributed by atoms with van der Waals surface area (Å²) < 4.78 is 5.67. The minimum absolute atomic E-state index is 0.0539. The average Bonchev–Trinajstić information content (AvgIpc) is 2.68. The highest BCUT2D eigenvalue weighted by molar-refractivity contribution is 5.77. The molecular formula is C21H31NO5.